The van der Waals surface area contributed by atoms with Gasteiger partial charge in [-0.3, -0.25) is 4.79 Å². The number of aryl methyl sites for hydroxylation is 1. The molecule has 0 bridgehead atoms. The summed E-state index contributed by atoms with van der Waals surface area (Å²) in [6.45, 7) is 1.91. The zero-order valence-electron chi connectivity index (χ0n) is 16.6. The predicted octanol–water partition coefficient (Wildman–Crippen LogP) is 4.49. The van der Waals surface area contributed by atoms with Crippen LogP contribution in [0.25, 0.3) is 0 Å². The van der Waals surface area contributed by atoms with Gasteiger partial charge in [-0.15, -0.1) is 0 Å². The minimum atomic E-state index is -0.688. The van der Waals surface area contributed by atoms with Gasteiger partial charge in [-0.05, 0) is 50.1 Å². The normalized spacial score (nSPS) is 14.1. The first kappa shape index (κ1) is 20.6. The lowest BCUT2D eigenvalue weighted by Gasteiger charge is -2.20. The van der Waals surface area contributed by atoms with Crippen molar-refractivity contribution in [3.05, 3.63) is 59.2 Å². The minimum Gasteiger partial charge on any atom is -0.465 e. The molecule has 6 heteroatoms. The first-order chi connectivity index (χ1) is 14.0. The molecule has 1 fully saturated rings. The summed E-state index contributed by atoms with van der Waals surface area (Å²) in [6, 6.07) is 11.2. The van der Waals surface area contributed by atoms with E-state index in [1.165, 1.54) is 25.3 Å². The molecule has 0 aliphatic heterocycles. The fourth-order valence-electron chi connectivity index (χ4n) is 3.32. The molecule has 2 aromatic carbocycles. The molecule has 0 spiro atoms. The molecule has 2 aromatic rings. The average Bonchev–Trinajstić information content (AvgIpc) is 2.75. The SMILES string of the molecule is COC(=O)c1cc(OC(=O)C2CCCCC2)ccc1OC(=O)c1ccc(C)cc1. The predicted molar refractivity (Wildman–Crippen MR) is 106 cm³/mol. The average molecular weight is 396 g/mol. The van der Waals surface area contributed by atoms with Gasteiger partial charge < -0.3 is 14.2 Å². The Morgan fingerprint density at radius 1 is 0.862 bits per heavy atom. The van der Waals surface area contributed by atoms with E-state index in [-0.39, 0.29) is 28.9 Å². The van der Waals surface area contributed by atoms with E-state index in [0.29, 0.717) is 5.56 Å². The van der Waals surface area contributed by atoms with Crippen LogP contribution >= 0.6 is 0 Å². The third kappa shape index (κ3) is 5.22. The highest BCUT2D eigenvalue weighted by Crippen LogP contribution is 2.29. The van der Waals surface area contributed by atoms with Crippen molar-refractivity contribution in [3.63, 3.8) is 0 Å². The molecule has 152 valence electrons. The molecular formula is C23H24O6. The highest BCUT2D eigenvalue weighted by Gasteiger charge is 2.24. The van der Waals surface area contributed by atoms with E-state index in [9.17, 15) is 14.4 Å². The van der Waals surface area contributed by atoms with Crippen LogP contribution in [0, 0.1) is 12.8 Å². The Morgan fingerprint density at radius 3 is 2.21 bits per heavy atom. The van der Waals surface area contributed by atoms with E-state index in [1.807, 2.05) is 6.92 Å². The highest BCUT2D eigenvalue weighted by molar-refractivity contribution is 5.96. The van der Waals surface area contributed by atoms with Gasteiger partial charge in [0.15, 0.2) is 0 Å². The van der Waals surface area contributed by atoms with Gasteiger partial charge >= 0.3 is 17.9 Å². The maximum absolute atomic E-state index is 12.4. The van der Waals surface area contributed by atoms with E-state index < -0.39 is 11.9 Å². The molecule has 0 aromatic heterocycles. The molecule has 0 saturated heterocycles. The Bertz CT molecular complexity index is 894. The van der Waals surface area contributed by atoms with Crippen molar-refractivity contribution in [3.8, 4) is 11.5 Å². The molecule has 6 nitrogen and oxygen atoms in total. The third-order valence-electron chi connectivity index (χ3n) is 5.00. The van der Waals surface area contributed by atoms with Crippen molar-refractivity contribution in [1.82, 2.24) is 0 Å². The zero-order valence-corrected chi connectivity index (χ0v) is 16.6. The number of methoxy groups -OCH3 is 1. The van der Waals surface area contributed by atoms with Crippen molar-refractivity contribution in [2.45, 2.75) is 39.0 Å². The Hall–Kier alpha value is -3.15. The number of hydrogen-bond donors (Lipinski definition) is 0. The van der Waals surface area contributed by atoms with Crippen LogP contribution in [-0.4, -0.2) is 25.0 Å². The van der Waals surface area contributed by atoms with E-state index in [4.69, 9.17) is 14.2 Å². The lowest BCUT2D eigenvalue weighted by molar-refractivity contribution is -0.140. The molecule has 0 atom stereocenters. The standard InChI is InChI=1S/C23H24O6/c1-15-8-10-17(11-9-15)22(25)29-20-13-12-18(14-19(20)23(26)27-2)28-21(24)16-6-4-3-5-7-16/h8-14,16H,3-7H2,1-2H3. The van der Waals surface area contributed by atoms with Gasteiger partial charge in [-0.2, -0.15) is 0 Å². The van der Waals surface area contributed by atoms with Crippen LogP contribution in [0.1, 0.15) is 58.4 Å². The van der Waals surface area contributed by atoms with Crippen molar-refractivity contribution in [2.75, 3.05) is 7.11 Å². The molecule has 29 heavy (non-hydrogen) atoms. The van der Waals surface area contributed by atoms with Gasteiger partial charge in [-0.1, -0.05) is 37.0 Å². The van der Waals surface area contributed by atoms with Crippen LogP contribution in [0.5, 0.6) is 11.5 Å². The molecule has 3 rings (SSSR count). The number of benzene rings is 2. The molecule has 0 amide bonds. The smallest absolute Gasteiger partial charge is 0.343 e. The van der Waals surface area contributed by atoms with E-state index in [0.717, 1.165) is 37.7 Å². The third-order valence-corrected chi connectivity index (χ3v) is 5.00. The molecular weight excluding hydrogens is 372 g/mol. The van der Waals surface area contributed by atoms with E-state index in [1.54, 1.807) is 24.3 Å². The van der Waals surface area contributed by atoms with Crippen LogP contribution in [0.3, 0.4) is 0 Å². The number of ether oxygens (including phenoxy) is 3. The summed E-state index contributed by atoms with van der Waals surface area (Å²) < 4.78 is 15.6. The van der Waals surface area contributed by atoms with Gasteiger partial charge in [0.25, 0.3) is 0 Å². The van der Waals surface area contributed by atoms with Crippen molar-refractivity contribution >= 4 is 17.9 Å². The molecule has 1 saturated carbocycles. The molecule has 1 aliphatic carbocycles. The van der Waals surface area contributed by atoms with Crippen LogP contribution in [0.4, 0.5) is 0 Å². The second kappa shape index (κ2) is 9.37. The number of rotatable bonds is 5. The lowest BCUT2D eigenvalue weighted by Crippen LogP contribution is -2.23. The van der Waals surface area contributed by atoms with Gasteiger partial charge in [0.05, 0.1) is 18.6 Å². The molecule has 0 unspecified atom stereocenters. The van der Waals surface area contributed by atoms with Crippen molar-refractivity contribution in [2.24, 2.45) is 5.92 Å². The monoisotopic (exact) mass is 396 g/mol. The number of esters is 3. The summed E-state index contributed by atoms with van der Waals surface area (Å²) >= 11 is 0. The summed E-state index contributed by atoms with van der Waals surface area (Å²) in [7, 11) is 1.23. The number of carbonyl (C=O) groups excluding carboxylic acids is 3. The number of hydrogen-bond acceptors (Lipinski definition) is 6. The van der Waals surface area contributed by atoms with Crippen LogP contribution in [0.15, 0.2) is 42.5 Å². The Labute approximate surface area is 169 Å². The second-order valence-corrected chi connectivity index (χ2v) is 7.16. The second-order valence-electron chi connectivity index (χ2n) is 7.16. The quantitative estimate of drug-likeness (QED) is 0.547. The van der Waals surface area contributed by atoms with E-state index in [2.05, 4.69) is 0 Å². The van der Waals surface area contributed by atoms with Crippen molar-refractivity contribution in [1.29, 1.82) is 0 Å². The summed E-state index contributed by atoms with van der Waals surface area (Å²) in [5, 5.41) is 0. The van der Waals surface area contributed by atoms with Crippen LogP contribution < -0.4 is 9.47 Å². The zero-order chi connectivity index (χ0) is 20.8. The minimum absolute atomic E-state index is 0.0157. The number of carbonyl (C=O) groups is 3. The summed E-state index contributed by atoms with van der Waals surface area (Å²) in [4.78, 5) is 37.0. The fourth-order valence-corrected chi connectivity index (χ4v) is 3.32. The summed E-state index contributed by atoms with van der Waals surface area (Å²) in [5.74, 6) is -1.44. The van der Waals surface area contributed by atoms with Crippen LogP contribution in [-0.2, 0) is 9.53 Å². The maximum Gasteiger partial charge on any atom is 0.343 e. The van der Waals surface area contributed by atoms with Gasteiger partial charge in [0.1, 0.15) is 17.1 Å². The first-order valence-corrected chi connectivity index (χ1v) is 9.71. The molecule has 1 aliphatic rings. The Kier molecular flexibility index (Phi) is 6.65. The fraction of sp³-hybridized carbons (Fsp3) is 0.348. The van der Waals surface area contributed by atoms with Gasteiger partial charge in [0.2, 0.25) is 0 Å². The van der Waals surface area contributed by atoms with E-state index >= 15 is 0 Å². The maximum atomic E-state index is 12.4. The van der Waals surface area contributed by atoms with Crippen LogP contribution in [0.2, 0.25) is 0 Å². The van der Waals surface area contributed by atoms with Gasteiger partial charge in [0, 0.05) is 0 Å². The lowest BCUT2D eigenvalue weighted by atomic mass is 9.89. The Morgan fingerprint density at radius 2 is 1.55 bits per heavy atom. The summed E-state index contributed by atoms with van der Waals surface area (Å²) in [5.41, 5.74) is 1.39. The summed E-state index contributed by atoms with van der Waals surface area (Å²) in [6.07, 6.45) is 4.79. The highest BCUT2D eigenvalue weighted by atomic mass is 16.5. The first-order valence-electron chi connectivity index (χ1n) is 9.71. The Balaban J connectivity index is 1.78. The molecule has 0 heterocycles. The topological polar surface area (TPSA) is 78.9 Å². The molecule has 0 radical (unpaired) electrons. The largest absolute Gasteiger partial charge is 0.465 e. The van der Waals surface area contributed by atoms with Gasteiger partial charge in [-0.25, -0.2) is 9.59 Å². The molecule has 0 N–H and O–H groups in total. The van der Waals surface area contributed by atoms with Crippen molar-refractivity contribution < 1.29 is 28.6 Å².